The van der Waals surface area contributed by atoms with Gasteiger partial charge in [-0.15, -0.1) is 0 Å². The van der Waals surface area contributed by atoms with Gasteiger partial charge in [0.05, 0.1) is 13.2 Å². The molecule has 0 aliphatic rings. The zero-order valence-electron chi connectivity index (χ0n) is 13.6. The van der Waals surface area contributed by atoms with Crippen LogP contribution < -0.4 is 20.1 Å². The van der Waals surface area contributed by atoms with Crippen LogP contribution in [0.2, 0.25) is 5.02 Å². The fraction of sp³-hybridized carbons (Fsp3) is 0.235. The van der Waals surface area contributed by atoms with E-state index in [1.54, 1.807) is 25.1 Å². The normalized spacial score (nSPS) is 11.8. The Kier molecular flexibility index (Phi) is 6.41. The molecule has 0 unspecified atom stereocenters. The zero-order valence-corrected chi connectivity index (χ0v) is 14.3. The van der Waals surface area contributed by atoms with Gasteiger partial charge in [0.2, 0.25) is 0 Å². The molecule has 0 spiro atoms. The van der Waals surface area contributed by atoms with Crippen LogP contribution >= 0.6 is 11.6 Å². The molecule has 0 radical (unpaired) electrons. The first-order chi connectivity index (χ1) is 11.9. The number of nitrogens with one attached hydrogen (secondary N) is 2. The number of halogens is 3. The molecule has 0 aliphatic heterocycles. The van der Waals surface area contributed by atoms with Crippen LogP contribution in [0, 0.1) is 0 Å². The zero-order chi connectivity index (χ0) is 18.4. The van der Waals surface area contributed by atoms with E-state index in [9.17, 15) is 13.6 Å². The third-order valence-electron chi connectivity index (χ3n) is 3.33. The maximum Gasteiger partial charge on any atom is 0.387 e. The van der Waals surface area contributed by atoms with Gasteiger partial charge in [-0.2, -0.15) is 8.78 Å². The molecule has 0 fully saturated rings. The van der Waals surface area contributed by atoms with E-state index >= 15 is 0 Å². The van der Waals surface area contributed by atoms with Gasteiger partial charge in [0.1, 0.15) is 0 Å². The van der Waals surface area contributed by atoms with Crippen LogP contribution in [0.1, 0.15) is 18.5 Å². The molecular formula is C17H17ClF2N2O3. The third kappa shape index (κ3) is 5.49. The van der Waals surface area contributed by atoms with Crippen molar-refractivity contribution in [2.24, 2.45) is 0 Å². The number of carbonyl (C=O) groups excluding carboxylic acids is 1. The summed E-state index contributed by atoms with van der Waals surface area (Å²) in [5.74, 6) is -0.0308. The summed E-state index contributed by atoms with van der Waals surface area (Å²) in [6.07, 6.45) is 0. The smallest absolute Gasteiger partial charge is 0.387 e. The van der Waals surface area contributed by atoms with Gasteiger partial charge in [-0.1, -0.05) is 23.7 Å². The largest absolute Gasteiger partial charge is 0.493 e. The Balaban J connectivity index is 2.04. The quantitative estimate of drug-likeness (QED) is 0.765. The van der Waals surface area contributed by atoms with Crippen molar-refractivity contribution in [3.8, 4) is 11.5 Å². The summed E-state index contributed by atoms with van der Waals surface area (Å²) in [5.41, 5.74) is 1.12. The number of methoxy groups -OCH3 is 1. The van der Waals surface area contributed by atoms with Crippen molar-refractivity contribution in [3.05, 3.63) is 53.1 Å². The lowest BCUT2D eigenvalue weighted by atomic mass is 10.1. The van der Waals surface area contributed by atoms with Crippen molar-refractivity contribution in [2.75, 3.05) is 12.4 Å². The van der Waals surface area contributed by atoms with Gasteiger partial charge in [0, 0.05) is 16.8 Å². The predicted octanol–water partition coefficient (Wildman–Crippen LogP) is 4.83. The van der Waals surface area contributed by atoms with Crippen molar-refractivity contribution in [1.82, 2.24) is 5.32 Å². The van der Waals surface area contributed by atoms with E-state index in [4.69, 9.17) is 16.3 Å². The molecule has 2 amide bonds. The van der Waals surface area contributed by atoms with E-state index in [1.165, 1.54) is 25.3 Å². The second-order valence-corrected chi connectivity index (χ2v) is 5.56. The van der Waals surface area contributed by atoms with Crippen LogP contribution in [0.5, 0.6) is 11.5 Å². The molecule has 2 aromatic carbocycles. The van der Waals surface area contributed by atoms with E-state index in [1.807, 2.05) is 6.07 Å². The number of carbonyl (C=O) groups is 1. The summed E-state index contributed by atoms with van der Waals surface area (Å²) in [7, 11) is 1.33. The molecular weight excluding hydrogens is 354 g/mol. The average molecular weight is 371 g/mol. The second kappa shape index (κ2) is 8.53. The minimum atomic E-state index is -3.00. The molecule has 2 N–H and O–H groups in total. The SMILES string of the molecule is COc1ccc(NC(=O)N[C@H](C)c2cccc(Cl)c2)cc1OC(F)F. The van der Waals surface area contributed by atoms with Crippen molar-refractivity contribution in [2.45, 2.75) is 19.6 Å². The van der Waals surface area contributed by atoms with Crippen LogP contribution in [0.4, 0.5) is 19.3 Å². The molecule has 2 aromatic rings. The Labute approximate surface area is 148 Å². The van der Waals surface area contributed by atoms with Crippen LogP contribution in [0.3, 0.4) is 0 Å². The highest BCUT2D eigenvalue weighted by molar-refractivity contribution is 6.30. The molecule has 0 saturated carbocycles. The standard InChI is InChI=1S/C17H17ClF2N2O3/c1-10(11-4-3-5-12(18)8-11)21-17(23)22-13-6-7-14(24-2)15(9-13)25-16(19)20/h3-10,16H,1-2H3,(H2,21,22,23)/t10-/m1/s1. The van der Waals surface area contributed by atoms with Crippen molar-refractivity contribution in [3.63, 3.8) is 0 Å². The summed E-state index contributed by atoms with van der Waals surface area (Å²) in [6.45, 7) is -1.20. The Morgan fingerprint density at radius 3 is 2.56 bits per heavy atom. The summed E-state index contributed by atoms with van der Waals surface area (Å²) in [4.78, 5) is 12.1. The first-order valence-electron chi connectivity index (χ1n) is 7.35. The first kappa shape index (κ1) is 18.8. The topological polar surface area (TPSA) is 59.6 Å². The Morgan fingerprint density at radius 1 is 1.16 bits per heavy atom. The van der Waals surface area contributed by atoms with Crippen LogP contribution in [-0.2, 0) is 0 Å². The van der Waals surface area contributed by atoms with Crippen LogP contribution in [-0.4, -0.2) is 19.8 Å². The number of hydrogen-bond acceptors (Lipinski definition) is 3. The summed E-state index contributed by atoms with van der Waals surface area (Å²) in [6, 6.07) is 10.5. The number of amides is 2. The maximum atomic E-state index is 12.4. The number of urea groups is 1. The molecule has 0 saturated heterocycles. The number of hydrogen-bond donors (Lipinski definition) is 2. The maximum absolute atomic E-state index is 12.4. The minimum Gasteiger partial charge on any atom is -0.493 e. The first-order valence-corrected chi connectivity index (χ1v) is 7.72. The minimum absolute atomic E-state index is 0.138. The Morgan fingerprint density at radius 2 is 1.92 bits per heavy atom. The molecule has 0 heterocycles. The fourth-order valence-corrected chi connectivity index (χ4v) is 2.36. The molecule has 5 nitrogen and oxygen atoms in total. The molecule has 25 heavy (non-hydrogen) atoms. The van der Waals surface area contributed by atoms with Gasteiger partial charge >= 0.3 is 12.6 Å². The Hall–Kier alpha value is -2.54. The predicted molar refractivity (Wildman–Crippen MR) is 91.6 cm³/mol. The van der Waals surface area contributed by atoms with E-state index in [0.29, 0.717) is 5.02 Å². The van der Waals surface area contributed by atoms with Gasteiger partial charge < -0.3 is 20.1 Å². The summed E-state index contributed by atoms with van der Waals surface area (Å²) >= 11 is 5.93. The lowest BCUT2D eigenvalue weighted by Crippen LogP contribution is -2.31. The van der Waals surface area contributed by atoms with Gasteiger partial charge in [0.15, 0.2) is 11.5 Å². The monoisotopic (exact) mass is 370 g/mol. The van der Waals surface area contributed by atoms with Crippen LogP contribution in [0.25, 0.3) is 0 Å². The van der Waals surface area contributed by atoms with E-state index in [2.05, 4.69) is 15.4 Å². The number of alkyl halides is 2. The van der Waals surface area contributed by atoms with Gasteiger partial charge in [0.25, 0.3) is 0 Å². The second-order valence-electron chi connectivity index (χ2n) is 5.12. The molecule has 134 valence electrons. The molecule has 1 atom stereocenters. The van der Waals surface area contributed by atoms with Crippen molar-refractivity contribution < 1.29 is 23.0 Å². The highest BCUT2D eigenvalue weighted by atomic mass is 35.5. The molecule has 0 bridgehead atoms. The molecule has 0 aromatic heterocycles. The number of rotatable bonds is 6. The summed E-state index contributed by atoms with van der Waals surface area (Å²) in [5, 5.41) is 5.86. The van der Waals surface area contributed by atoms with Gasteiger partial charge in [-0.3, -0.25) is 0 Å². The van der Waals surface area contributed by atoms with Crippen molar-refractivity contribution in [1.29, 1.82) is 0 Å². The molecule has 8 heteroatoms. The lowest BCUT2D eigenvalue weighted by Gasteiger charge is -2.16. The van der Waals surface area contributed by atoms with E-state index in [0.717, 1.165) is 5.56 Å². The average Bonchev–Trinajstić information content (AvgIpc) is 2.54. The molecule has 0 aliphatic carbocycles. The van der Waals surface area contributed by atoms with E-state index in [-0.39, 0.29) is 23.2 Å². The third-order valence-corrected chi connectivity index (χ3v) is 3.57. The highest BCUT2D eigenvalue weighted by Gasteiger charge is 2.14. The highest BCUT2D eigenvalue weighted by Crippen LogP contribution is 2.31. The van der Waals surface area contributed by atoms with Gasteiger partial charge in [-0.05, 0) is 36.8 Å². The molecule has 2 rings (SSSR count). The fourth-order valence-electron chi connectivity index (χ4n) is 2.17. The number of benzene rings is 2. The van der Waals surface area contributed by atoms with E-state index < -0.39 is 12.6 Å². The van der Waals surface area contributed by atoms with Crippen LogP contribution in [0.15, 0.2) is 42.5 Å². The Bertz CT molecular complexity index is 744. The van der Waals surface area contributed by atoms with Crippen molar-refractivity contribution >= 4 is 23.3 Å². The number of anilines is 1. The lowest BCUT2D eigenvalue weighted by molar-refractivity contribution is -0.0511. The number of ether oxygens (including phenoxy) is 2. The summed E-state index contributed by atoms with van der Waals surface area (Å²) < 4.78 is 34.2. The van der Waals surface area contributed by atoms with Gasteiger partial charge in [-0.25, -0.2) is 4.79 Å².